The smallest absolute Gasteiger partial charge is 0.262 e. The van der Waals surface area contributed by atoms with Crippen LogP contribution < -0.4 is 10.5 Å². The van der Waals surface area contributed by atoms with E-state index in [1.165, 1.54) is 12.1 Å². The highest BCUT2D eigenvalue weighted by atomic mass is 79.9. The van der Waals surface area contributed by atoms with Crippen LogP contribution in [0, 0.1) is 12.9 Å². The van der Waals surface area contributed by atoms with Gasteiger partial charge in [-0.2, -0.15) is 4.39 Å². The lowest BCUT2D eigenvalue weighted by Gasteiger charge is -2.12. The van der Waals surface area contributed by atoms with Crippen molar-refractivity contribution in [3.63, 3.8) is 0 Å². The van der Waals surface area contributed by atoms with E-state index in [0.29, 0.717) is 15.7 Å². The zero-order valence-electron chi connectivity index (χ0n) is 10.4. The summed E-state index contributed by atoms with van der Waals surface area (Å²) in [4.78, 5) is 3.44. The van der Waals surface area contributed by atoms with Gasteiger partial charge < -0.3 is 5.73 Å². The van der Waals surface area contributed by atoms with E-state index in [1.54, 1.807) is 13.0 Å². The molecule has 0 aliphatic carbocycles. The van der Waals surface area contributed by atoms with Crippen LogP contribution in [-0.4, -0.2) is 13.4 Å². The fourth-order valence-corrected chi connectivity index (χ4v) is 3.57. The Morgan fingerprint density at radius 3 is 2.65 bits per heavy atom. The zero-order valence-corrected chi connectivity index (χ0v) is 12.8. The molecular weight excluding hydrogens is 349 g/mol. The molecule has 106 valence electrons. The average molecular weight is 360 g/mol. The third-order valence-electron chi connectivity index (χ3n) is 2.63. The molecule has 2 aromatic rings. The maximum Gasteiger partial charge on any atom is 0.262 e. The van der Waals surface area contributed by atoms with Gasteiger partial charge in [-0.1, -0.05) is 15.9 Å². The van der Waals surface area contributed by atoms with Crippen molar-refractivity contribution in [3.8, 4) is 0 Å². The minimum Gasteiger partial charge on any atom is -0.398 e. The molecule has 0 fully saturated rings. The van der Waals surface area contributed by atoms with Gasteiger partial charge in [-0.05, 0) is 36.8 Å². The molecular formula is C12H11BrFN3O2S. The molecule has 0 aliphatic heterocycles. The Morgan fingerprint density at radius 2 is 2.05 bits per heavy atom. The number of nitrogens with zero attached hydrogens (tertiary/aromatic N) is 1. The van der Waals surface area contributed by atoms with E-state index in [4.69, 9.17) is 5.73 Å². The summed E-state index contributed by atoms with van der Waals surface area (Å²) in [5, 5.41) is 0. The zero-order chi connectivity index (χ0) is 14.9. The van der Waals surface area contributed by atoms with Crippen LogP contribution in [0.5, 0.6) is 0 Å². The molecule has 0 amide bonds. The fraction of sp³-hybridized carbons (Fsp3) is 0.0833. The Balaban J connectivity index is 2.43. The van der Waals surface area contributed by atoms with Crippen LogP contribution in [0.4, 0.5) is 15.8 Å². The van der Waals surface area contributed by atoms with Crippen LogP contribution in [0.25, 0.3) is 0 Å². The van der Waals surface area contributed by atoms with Crippen molar-refractivity contribution in [1.29, 1.82) is 0 Å². The first-order chi connectivity index (χ1) is 9.29. The molecule has 5 nitrogen and oxygen atoms in total. The third kappa shape index (κ3) is 3.07. The van der Waals surface area contributed by atoms with Gasteiger partial charge in [0.15, 0.2) is 0 Å². The largest absolute Gasteiger partial charge is 0.398 e. The lowest BCUT2D eigenvalue weighted by Crippen LogP contribution is -2.15. The van der Waals surface area contributed by atoms with Crippen molar-refractivity contribution in [1.82, 2.24) is 4.98 Å². The van der Waals surface area contributed by atoms with Crippen LogP contribution in [0.2, 0.25) is 0 Å². The van der Waals surface area contributed by atoms with Gasteiger partial charge in [0.2, 0.25) is 5.95 Å². The number of halogens is 2. The number of hydrogen-bond donors (Lipinski definition) is 2. The van der Waals surface area contributed by atoms with Crippen molar-refractivity contribution in [2.75, 3.05) is 10.5 Å². The molecule has 0 spiro atoms. The maximum absolute atomic E-state index is 12.7. The average Bonchev–Trinajstić information content (AvgIpc) is 2.36. The summed E-state index contributed by atoms with van der Waals surface area (Å²) in [5.41, 5.74) is 6.72. The number of rotatable bonds is 3. The van der Waals surface area contributed by atoms with Crippen molar-refractivity contribution in [3.05, 3.63) is 46.4 Å². The fourth-order valence-electron chi connectivity index (χ4n) is 1.60. The molecule has 3 N–H and O–H groups in total. The second-order valence-electron chi connectivity index (χ2n) is 4.09. The van der Waals surface area contributed by atoms with Crippen LogP contribution in [0.1, 0.15) is 5.56 Å². The van der Waals surface area contributed by atoms with E-state index in [-0.39, 0.29) is 10.6 Å². The van der Waals surface area contributed by atoms with E-state index in [1.807, 2.05) is 0 Å². The van der Waals surface area contributed by atoms with Gasteiger partial charge >= 0.3 is 0 Å². The number of benzene rings is 1. The predicted octanol–water partition coefficient (Wildman–Crippen LogP) is 2.67. The molecule has 0 saturated carbocycles. The normalized spacial score (nSPS) is 11.3. The molecule has 1 heterocycles. The summed E-state index contributed by atoms with van der Waals surface area (Å²) in [6.45, 7) is 1.61. The minimum absolute atomic E-state index is 0.0497. The molecule has 0 saturated heterocycles. The van der Waals surface area contributed by atoms with Crippen LogP contribution in [0.15, 0.2) is 39.8 Å². The van der Waals surface area contributed by atoms with Crippen LogP contribution in [0.3, 0.4) is 0 Å². The predicted molar refractivity (Wildman–Crippen MR) is 78.3 cm³/mol. The number of anilines is 2. The lowest BCUT2D eigenvalue weighted by atomic mass is 10.2. The highest BCUT2D eigenvalue weighted by Gasteiger charge is 2.19. The number of aromatic nitrogens is 1. The molecule has 0 unspecified atom stereocenters. The molecule has 0 bridgehead atoms. The van der Waals surface area contributed by atoms with Gasteiger partial charge in [0.25, 0.3) is 10.0 Å². The number of nitrogens with two attached hydrogens (primary N) is 1. The summed E-state index contributed by atoms with van der Waals surface area (Å²) in [6.07, 6.45) is 1.10. The van der Waals surface area contributed by atoms with Crippen molar-refractivity contribution >= 4 is 37.3 Å². The van der Waals surface area contributed by atoms with E-state index >= 15 is 0 Å². The van der Waals surface area contributed by atoms with Gasteiger partial charge in [0.05, 0.1) is 16.8 Å². The molecule has 1 aromatic carbocycles. The van der Waals surface area contributed by atoms with Crippen molar-refractivity contribution in [2.24, 2.45) is 0 Å². The second kappa shape index (κ2) is 5.37. The highest BCUT2D eigenvalue weighted by molar-refractivity contribution is 9.10. The quantitative estimate of drug-likeness (QED) is 0.651. The Kier molecular flexibility index (Phi) is 3.96. The summed E-state index contributed by atoms with van der Waals surface area (Å²) in [7, 11) is -3.82. The molecule has 8 heteroatoms. The number of nitrogens with one attached hydrogen (secondary N) is 1. The van der Waals surface area contributed by atoms with E-state index in [2.05, 4.69) is 25.6 Å². The molecule has 1 aromatic heterocycles. The number of nitrogen functional groups attached to an aromatic ring is 1. The van der Waals surface area contributed by atoms with Crippen LogP contribution >= 0.6 is 15.9 Å². The topological polar surface area (TPSA) is 85.1 Å². The van der Waals surface area contributed by atoms with Gasteiger partial charge in [-0.15, -0.1) is 0 Å². The molecule has 2 rings (SSSR count). The summed E-state index contributed by atoms with van der Waals surface area (Å²) in [5.74, 6) is -0.684. The maximum atomic E-state index is 12.7. The monoisotopic (exact) mass is 359 g/mol. The standard InChI is InChI=1S/C12H11BrFN3O2S/c1-7-10(15)4-8(13)5-11(7)20(18,19)17-9-2-3-12(14)16-6-9/h2-6,17H,15H2,1H3. The Bertz CT molecular complexity index is 748. The summed E-state index contributed by atoms with van der Waals surface area (Å²) >= 11 is 3.20. The van der Waals surface area contributed by atoms with Crippen LogP contribution in [-0.2, 0) is 10.0 Å². The second-order valence-corrected chi connectivity index (χ2v) is 6.66. The number of hydrogen-bond acceptors (Lipinski definition) is 4. The summed E-state index contributed by atoms with van der Waals surface area (Å²) < 4.78 is 40.2. The SMILES string of the molecule is Cc1c(N)cc(Br)cc1S(=O)(=O)Nc1ccc(F)nc1. The first kappa shape index (κ1) is 14.7. The van der Waals surface area contributed by atoms with E-state index in [9.17, 15) is 12.8 Å². The van der Waals surface area contributed by atoms with Crippen molar-refractivity contribution < 1.29 is 12.8 Å². The van der Waals surface area contributed by atoms with E-state index < -0.39 is 16.0 Å². The molecule has 0 atom stereocenters. The first-order valence-electron chi connectivity index (χ1n) is 5.49. The van der Waals surface area contributed by atoms with Gasteiger partial charge in [-0.3, -0.25) is 4.72 Å². The van der Waals surface area contributed by atoms with Crippen molar-refractivity contribution in [2.45, 2.75) is 11.8 Å². The lowest BCUT2D eigenvalue weighted by molar-refractivity contribution is 0.583. The molecule has 0 aliphatic rings. The van der Waals surface area contributed by atoms with Gasteiger partial charge in [0.1, 0.15) is 0 Å². The molecule has 0 radical (unpaired) electrons. The third-order valence-corrected chi connectivity index (χ3v) is 4.60. The number of pyridine rings is 1. The van der Waals surface area contributed by atoms with Gasteiger partial charge in [0, 0.05) is 10.2 Å². The first-order valence-corrected chi connectivity index (χ1v) is 7.77. The Labute approximate surface area is 124 Å². The number of sulfonamides is 1. The highest BCUT2D eigenvalue weighted by Crippen LogP contribution is 2.27. The minimum atomic E-state index is -3.82. The summed E-state index contributed by atoms with van der Waals surface area (Å²) in [6, 6.07) is 5.43. The Morgan fingerprint density at radius 1 is 1.35 bits per heavy atom. The molecule has 20 heavy (non-hydrogen) atoms. The van der Waals surface area contributed by atoms with Gasteiger partial charge in [-0.25, -0.2) is 13.4 Å². The van der Waals surface area contributed by atoms with E-state index in [0.717, 1.165) is 12.3 Å². The Hall–Kier alpha value is -1.67.